The zero-order valence-corrected chi connectivity index (χ0v) is 14.3. The van der Waals surface area contributed by atoms with Crippen LogP contribution < -0.4 is 10.6 Å². The molecule has 20 heavy (non-hydrogen) atoms. The minimum atomic E-state index is -1.80. The first-order chi connectivity index (χ1) is 9.12. The van der Waals surface area contributed by atoms with E-state index >= 15 is 0 Å². The number of rotatable bonds is 3. The molecule has 0 spiro atoms. The van der Waals surface area contributed by atoms with Gasteiger partial charge in [0.2, 0.25) is 3.79 Å². The molecule has 4 nitrogen and oxygen atoms in total. The van der Waals surface area contributed by atoms with E-state index in [4.69, 9.17) is 58.0 Å². The summed E-state index contributed by atoms with van der Waals surface area (Å²) in [5.41, 5.74) is 0.367. The van der Waals surface area contributed by atoms with Crippen molar-refractivity contribution in [1.82, 2.24) is 10.2 Å². The second kappa shape index (κ2) is 7.14. The fraction of sp³-hybridized carbons (Fsp3) is 0.364. The maximum Gasteiger partial charge on any atom is 0.318 e. The SMILES string of the molecule is CN(C)C(=O)N[C@H](Nc1c(Cl)cccc1Cl)C(Cl)(Cl)Cl. The Balaban J connectivity index is 2.99. The molecule has 0 radical (unpaired) electrons. The highest BCUT2D eigenvalue weighted by atomic mass is 35.6. The molecule has 112 valence electrons. The average molecular weight is 380 g/mol. The lowest BCUT2D eigenvalue weighted by Gasteiger charge is -2.29. The third-order valence-electron chi connectivity index (χ3n) is 2.25. The van der Waals surface area contributed by atoms with Gasteiger partial charge in [0.25, 0.3) is 0 Å². The number of amides is 2. The van der Waals surface area contributed by atoms with E-state index in [1.165, 1.54) is 4.90 Å². The van der Waals surface area contributed by atoms with Crippen LogP contribution >= 0.6 is 58.0 Å². The molecule has 0 saturated carbocycles. The van der Waals surface area contributed by atoms with Crippen LogP contribution in [0, 0.1) is 0 Å². The van der Waals surface area contributed by atoms with Crippen LogP contribution in [-0.4, -0.2) is 35.0 Å². The molecule has 0 aliphatic rings. The minimum absolute atomic E-state index is 0.343. The summed E-state index contributed by atoms with van der Waals surface area (Å²) in [4.78, 5) is 13.0. The average Bonchev–Trinajstić information content (AvgIpc) is 2.30. The van der Waals surface area contributed by atoms with E-state index in [0.717, 1.165) is 0 Å². The molecule has 0 aromatic heterocycles. The largest absolute Gasteiger partial charge is 0.359 e. The van der Waals surface area contributed by atoms with Crippen LogP contribution in [0.15, 0.2) is 18.2 Å². The molecule has 9 heteroatoms. The van der Waals surface area contributed by atoms with Crippen molar-refractivity contribution >= 4 is 69.7 Å². The normalized spacial score (nSPS) is 12.8. The van der Waals surface area contributed by atoms with Gasteiger partial charge >= 0.3 is 6.03 Å². The van der Waals surface area contributed by atoms with Crippen LogP contribution in [0.3, 0.4) is 0 Å². The molecular weight excluding hydrogens is 367 g/mol. The lowest BCUT2D eigenvalue weighted by molar-refractivity contribution is 0.214. The third-order valence-corrected chi connectivity index (χ3v) is 3.54. The van der Waals surface area contributed by atoms with E-state index in [2.05, 4.69) is 10.6 Å². The Morgan fingerprint density at radius 3 is 2.10 bits per heavy atom. The Morgan fingerprint density at radius 2 is 1.70 bits per heavy atom. The number of nitrogens with one attached hydrogen (secondary N) is 2. The van der Waals surface area contributed by atoms with E-state index in [1.54, 1.807) is 32.3 Å². The Morgan fingerprint density at radius 1 is 1.20 bits per heavy atom. The van der Waals surface area contributed by atoms with Crippen LogP contribution in [0.1, 0.15) is 0 Å². The van der Waals surface area contributed by atoms with Crippen LogP contribution in [0.4, 0.5) is 10.5 Å². The summed E-state index contributed by atoms with van der Waals surface area (Å²) in [6, 6.07) is 4.49. The highest BCUT2D eigenvalue weighted by Crippen LogP contribution is 2.35. The number of carbonyl (C=O) groups is 1. The van der Waals surface area contributed by atoms with Gasteiger partial charge in [-0.3, -0.25) is 0 Å². The molecule has 1 atom stereocenters. The molecule has 0 unspecified atom stereocenters. The van der Waals surface area contributed by atoms with E-state index < -0.39 is 16.0 Å². The van der Waals surface area contributed by atoms with Crippen molar-refractivity contribution in [2.24, 2.45) is 0 Å². The summed E-state index contributed by atoms with van der Waals surface area (Å²) in [6.07, 6.45) is -1.01. The zero-order chi connectivity index (χ0) is 15.5. The summed E-state index contributed by atoms with van der Waals surface area (Å²) in [7, 11) is 3.13. The number of halogens is 5. The number of carbonyl (C=O) groups excluding carboxylic acids is 1. The summed E-state index contributed by atoms with van der Waals surface area (Å²) < 4.78 is -1.80. The van der Waals surface area contributed by atoms with Crippen molar-refractivity contribution in [2.45, 2.75) is 9.96 Å². The number of para-hydroxylation sites is 1. The zero-order valence-electron chi connectivity index (χ0n) is 10.6. The van der Waals surface area contributed by atoms with Crippen molar-refractivity contribution in [3.8, 4) is 0 Å². The summed E-state index contributed by atoms with van der Waals surface area (Å²) in [5, 5.41) is 6.03. The van der Waals surface area contributed by atoms with Crippen molar-refractivity contribution < 1.29 is 4.79 Å². The highest BCUT2D eigenvalue weighted by Gasteiger charge is 2.35. The molecule has 0 bridgehead atoms. The van der Waals surface area contributed by atoms with Crippen LogP contribution in [0.2, 0.25) is 10.0 Å². The smallest absolute Gasteiger partial charge is 0.318 e. The summed E-state index contributed by atoms with van der Waals surface area (Å²) >= 11 is 29.6. The number of hydrogen-bond acceptors (Lipinski definition) is 2. The molecular formula is C11H12Cl5N3O. The van der Waals surface area contributed by atoms with Gasteiger partial charge in [-0.15, -0.1) is 0 Å². The van der Waals surface area contributed by atoms with Crippen LogP contribution in [-0.2, 0) is 0 Å². The lowest BCUT2D eigenvalue weighted by atomic mass is 10.3. The maximum absolute atomic E-state index is 11.7. The monoisotopic (exact) mass is 377 g/mol. The van der Waals surface area contributed by atoms with Crippen molar-refractivity contribution in [3.63, 3.8) is 0 Å². The predicted octanol–water partition coefficient (Wildman–Crippen LogP) is 4.37. The van der Waals surface area contributed by atoms with Gasteiger partial charge in [-0.05, 0) is 12.1 Å². The first kappa shape index (κ1) is 17.8. The standard InChI is InChI=1S/C11H12Cl5N3O/c1-19(2)10(20)18-9(11(14,15)16)17-8-6(12)4-3-5-7(8)13/h3-5,9,17H,1-2H3,(H,18,20)/t9-/m0/s1. The number of benzene rings is 1. The molecule has 0 heterocycles. The van der Waals surface area contributed by atoms with Crippen molar-refractivity contribution in [2.75, 3.05) is 19.4 Å². The fourth-order valence-corrected chi connectivity index (χ4v) is 2.07. The molecule has 0 aliphatic carbocycles. The summed E-state index contributed by atoms with van der Waals surface area (Å²) in [6.45, 7) is 0. The first-order valence-electron chi connectivity index (χ1n) is 5.38. The van der Waals surface area contributed by atoms with E-state index in [0.29, 0.717) is 15.7 Å². The van der Waals surface area contributed by atoms with Gasteiger partial charge in [0.15, 0.2) is 0 Å². The van der Waals surface area contributed by atoms with Crippen LogP contribution in [0.25, 0.3) is 0 Å². The molecule has 0 fully saturated rings. The number of nitrogens with zero attached hydrogens (tertiary/aromatic N) is 1. The Labute approximate surface area is 142 Å². The van der Waals surface area contributed by atoms with Crippen molar-refractivity contribution in [3.05, 3.63) is 28.2 Å². The number of anilines is 1. The molecule has 1 rings (SSSR count). The summed E-state index contributed by atoms with van der Waals surface area (Å²) in [5.74, 6) is 0. The number of urea groups is 1. The van der Waals surface area contributed by atoms with Crippen molar-refractivity contribution in [1.29, 1.82) is 0 Å². The molecule has 1 aromatic carbocycles. The topological polar surface area (TPSA) is 44.4 Å². The third kappa shape index (κ3) is 4.93. The Kier molecular flexibility index (Phi) is 6.35. The molecule has 2 N–H and O–H groups in total. The van der Waals surface area contributed by atoms with Crippen LogP contribution in [0.5, 0.6) is 0 Å². The fourth-order valence-electron chi connectivity index (χ4n) is 1.23. The van der Waals surface area contributed by atoms with E-state index in [-0.39, 0.29) is 0 Å². The van der Waals surface area contributed by atoms with E-state index in [1.807, 2.05) is 0 Å². The second-order valence-electron chi connectivity index (χ2n) is 4.06. The minimum Gasteiger partial charge on any atom is -0.359 e. The highest BCUT2D eigenvalue weighted by molar-refractivity contribution is 6.68. The number of alkyl halides is 3. The van der Waals surface area contributed by atoms with Gasteiger partial charge in [-0.2, -0.15) is 0 Å². The van der Waals surface area contributed by atoms with Gasteiger partial charge in [-0.25, -0.2) is 4.79 Å². The van der Waals surface area contributed by atoms with Gasteiger partial charge in [0.05, 0.1) is 15.7 Å². The second-order valence-corrected chi connectivity index (χ2v) is 7.24. The Bertz CT molecular complexity index is 469. The first-order valence-corrected chi connectivity index (χ1v) is 7.27. The predicted molar refractivity (Wildman–Crippen MR) is 86.4 cm³/mol. The Hall–Kier alpha value is -0.260. The van der Waals surface area contributed by atoms with E-state index in [9.17, 15) is 4.79 Å². The maximum atomic E-state index is 11.7. The van der Waals surface area contributed by atoms with Gasteiger partial charge < -0.3 is 15.5 Å². The van der Waals surface area contributed by atoms with Gasteiger partial charge in [0.1, 0.15) is 6.17 Å². The van der Waals surface area contributed by atoms with Gasteiger partial charge in [0, 0.05) is 14.1 Å². The molecule has 0 aliphatic heterocycles. The molecule has 0 saturated heterocycles. The molecule has 2 amide bonds. The van der Waals surface area contributed by atoms with Gasteiger partial charge in [-0.1, -0.05) is 64.1 Å². The number of hydrogen-bond donors (Lipinski definition) is 2. The molecule has 1 aromatic rings. The quantitative estimate of drug-likeness (QED) is 0.605. The lowest BCUT2D eigenvalue weighted by Crippen LogP contribution is -2.52.